The van der Waals surface area contributed by atoms with E-state index in [1.54, 1.807) is 0 Å². The van der Waals surface area contributed by atoms with Crippen LogP contribution in [0.15, 0.2) is 48.9 Å². The first-order chi connectivity index (χ1) is 17.7. The summed E-state index contributed by atoms with van der Waals surface area (Å²) in [6.07, 6.45) is 13.9. The molecule has 3 aromatic heterocycles. The van der Waals surface area contributed by atoms with Crippen molar-refractivity contribution in [1.29, 1.82) is 5.26 Å². The predicted octanol–water partition coefficient (Wildman–Crippen LogP) is 6.65. The van der Waals surface area contributed by atoms with Gasteiger partial charge in [0.05, 0.1) is 29.6 Å². The lowest BCUT2D eigenvalue weighted by Gasteiger charge is -2.22. The second kappa shape index (κ2) is 11.1. The van der Waals surface area contributed by atoms with Crippen molar-refractivity contribution >= 4 is 11.0 Å². The number of H-pyrrole nitrogens is 1. The molecule has 6 nitrogen and oxygen atoms in total. The summed E-state index contributed by atoms with van der Waals surface area (Å²) in [5.74, 6) is 0.642. The van der Waals surface area contributed by atoms with Crippen LogP contribution in [0.2, 0.25) is 0 Å². The Bertz CT molecular complexity index is 1350. The maximum Gasteiger partial charge on any atom is 0.138 e. The van der Waals surface area contributed by atoms with Crippen LogP contribution in [0.1, 0.15) is 69.5 Å². The molecule has 2 N–H and O–H groups in total. The van der Waals surface area contributed by atoms with Crippen LogP contribution in [-0.2, 0) is 6.42 Å². The van der Waals surface area contributed by atoms with E-state index in [0.29, 0.717) is 12.0 Å². The number of nitrogens with one attached hydrogen (secondary N) is 2. The Labute approximate surface area is 213 Å². The van der Waals surface area contributed by atoms with Crippen LogP contribution in [-0.4, -0.2) is 32.8 Å². The fourth-order valence-electron chi connectivity index (χ4n) is 5.68. The quantitative estimate of drug-likeness (QED) is 0.281. The maximum absolute atomic E-state index is 9.96. The Morgan fingerprint density at radius 2 is 1.89 bits per heavy atom. The Balaban J connectivity index is 1.44. The van der Waals surface area contributed by atoms with Crippen molar-refractivity contribution in [3.63, 3.8) is 0 Å². The first kappa shape index (κ1) is 24.3. The minimum Gasteiger partial charge on any atom is -0.339 e. The molecule has 186 valence electrons. The van der Waals surface area contributed by atoms with Gasteiger partial charge in [-0.25, -0.2) is 4.98 Å². The summed E-state index contributed by atoms with van der Waals surface area (Å²) in [7, 11) is 0. The van der Waals surface area contributed by atoms with Gasteiger partial charge in [-0.3, -0.25) is 4.68 Å². The van der Waals surface area contributed by atoms with Gasteiger partial charge >= 0.3 is 0 Å². The van der Waals surface area contributed by atoms with Crippen molar-refractivity contribution in [3.8, 4) is 28.5 Å². The highest BCUT2D eigenvalue weighted by atomic mass is 15.3. The number of aromatic nitrogens is 4. The van der Waals surface area contributed by atoms with E-state index in [2.05, 4.69) is 75.4 Å². The molecule has 1 fully saturated rings. The van der Waals surface area contributed by atoms with E-state index in [1.807, 2.05) is 18.5 Å². The Morgan fingerprint density at radius 1 is 1.08 bits per heavy atom. The fraction of sp³-hybridized carbons (Fsp3) is 0.433. The molecule has 0 unspecified atom stereocenters. The Hall–Kier alpha value is -3.43. The van der Waals surface area contributed by atoms with E-state index >= 15 is 0 Å². The molecule has 1 saturated heterocycles. The number of fused-ring (bicyclic) bond motifs is 1. The van der Waals surface area contributed by atoms with E-state index < -0.39 is 0 Å². The average Bonchev–Trinajstić information content (AvgIpc) is 3.57. The summed E-state index contributed by atoms with van der Waals surface area (Å²) in [5.41, 5.74) is 7.04. The first-order valence-corrected chi connectivity index (χ1v) is 13.5. The van der Waals surface area contributed by atoms with Crippen molar-refractivity contribution in [2.24, 2.45) is 5.92 Å². The number of rotatable bonds is 9. The number of benzene rings is 1. The molecule has 1 aliphatic heterocycles. The van der Waals surface area contributed by atoms with Crippen molar-refractivity contribution in [2.75, 3.05) is 13.1 Å². The van der Waals surface area contributed by atoms with Gasteiger partial charge in [0.2, 0.25) is 0 Å². The first-order valence-electron chi connectivity index (χ1n) is 13.5. The normalized spacial score (nSPS) is 14.5. The molecule has 6 heteroatoms. The molecule has 1 aliphatic rings. The second-order valence-electron chi connectivity index (χ2n) is 10.1. The van der Waals surface area contributed by atoms with Gasteiger partial charge in [-0.2, -0.15) is 10.4 Å². The number of piperidine rings is 1. The third kappa shape index (κ3) is 5.08. The number of hydrogen-bond acceptors (Lipinski definition) is 4. The molecule has 0 aliphatic carbocycles. The SMILES string of the molecule is CCCC(CCC)Cc1ccc(-c2ccnc3[nH]c(-c4cnn(C5CCNCC5)c4)cc23)cc1C#N. The molecule has 5 rings (SSSR count). The van der Waals surface area contributed by atoms with Crippen LogP contribution in [0.25, 0.3) is 33.4 Å². The van der Waals surface area contributed by atoms with Gasteiger partial charge in [0.15, 0.2) is 0 Å². The molecule has 4 heterocycles. The highest BCUT2D eigenvalue weighted by molar-refractivity contribution is 5.96. The van der Waals surface area contributed by atoms with Gasteiger partial charge in [-0.15, -0.1) is 0 Å². The Kier molecular flexibility index (Phi) is 7.48. The lowest BCUT2D eigenvalue weighted by Crippen LogP contribution is -2.29. The summed E-state index contributed by atoms with van der Waals surface area (Å²) < 4.78 is 2.11. The van der Waals surface area contributed by atoms with Crippen LogP contribution in [0, 0.1) is 17.2 Å². The lowest BCUT2D eigenvalue weighted by molar-refractivity contribution is 0.343. The zero-order chi connectivity index (χ0) is 24.9. The van der Waals surface area contributed by atoms with Crippen molar-refractivity contribution < 1.29 is 0 Å². The molecule has 1 aromatic carbocycles. The van der Waals surface area contributed by atoms with E-state index in [0.717, 1.165) is 71.3 Å². The maximum atomic E-state index is 9.96. The summed E-state index contributed by atoms with van der Waals surface area (Å²) >= 11 is 0. The third-order valence-electron chi connectivity index (χ3n) is 7.57. The number of pyridine rings is 1. The zero-order valence-corrected chi connectivity index (χ0v) is 21.4. The monoisotopic (exact) mass is 480 g/mol. The topological polar surface area (TPSA) is 82.3 Å². The molecule has 0 saturated carbocycles. The van der Waals surface area contributed by atoms with Gasteiger partial charge in [0.1, 0.15) is 5.65 Å². The van der Waals surface area contributed by atoms with E-state index in [9.17, 15) is 5.26 Å². The van der Waals surface area contributed by atoms with Crippen molar-refractivity contribution in [1.82, 2.24) is 25.1 Å². The van der Waals surface area contributed by atoms with Gasteiger partial charge in [0.25, 0.3) is 0 Å². The molecule has 4 aromatic rings. The van der Waals surface area contributed by atoms with Crippen LogP contribution in [0.3, 0.4) is 0 Å². The number of nitriles is 1. The standard InChI is InChI=1S/C30H36N6/c1-3-5-21(6-4-2)15-22-7-8-23(16-24(22)18-31)27-11-14-33-30-28(27)17-29(35-30)25-19-34-36(20-25)26-9-12-32-13-10-26/h7-8,11,14,16-17,19-21,26,32H,3-6,9-10,12-13,15H2,1-2H3,(H,33,35). The molecule has 0 atom stereocenters. The van der Waals surface area contributed by atoms with Crippen LogP contribution >= 0.6 is 0 Å². The molecule has 0 radical (unpaired) electrons. The lowest BCUT2D eigenvalue weighted by atomic mass is 9.88. The molecule has 0 bridgehead atoms. The summed E-state index contributed by atoms with van der Waals surface area (Å²) in [5, 5.41) is 19.1. The van der Waals surface area contributed by atoms with Crippen LogP contribution < -0.4 is 5.32 Å². The summed E-state index contributed by atoms with van der Waals surface area (Å²) in [6, 6.07) is 13.5. The Morgan fingerprint density at radius 3 is 2.64 bits per heavy atom. The van der Waals surface area contributed by atoms with Crippen LogP contribution in [0.5, 0.6) is 0 Å². The number of hydrogen-bond donors (Lipinski definition) is 2. The van der Waals surface area contributed by atoms with Crippen molar-refractivity contribution in [2.45, 2.75) is 64.8 Å². The minimum absolute atomic E-state index is 0.454. The predicted molar refractivity (Wildman–Crippen MR) is 146 cm³/mol. The highest BCUT2D eigenvalue weighted by Gasteiger charge is 2.18. The zero-order valence-electron chi connectivity index (χ0n) is 21.4. The molecular formula is C30H36N6. The van der Waals surface area contributed by atoms with Gasteiger partial charge in [0, 0.05) is 23.3 Å². The molecular weight excluding hydrogens is 444 g/mol. The summed E-state index contributed by atoms with van der Waals surface area (Å²) in [4.78, 5) is 8.09. The van der Waals surface area contributed by atoms with Crippen LogP contribution in [0.4, 0.5) is 0 Å². The average molecular weight is 481 g/mol. The van der Waals surface area contributed by atoms with E-state index in [4.69, 9.17) is 0 Å². The second-order valence-corrected chi connectivity index (χ2v) is 10.1. The van der Waals surface area contributed by atoms with Crippen molar-refractivity contribution in [3.05, 3.63) is 60.0 Å². The van der Waals surface area contributed by atoms with Gasteiger partial charge in [-0.05, 0) is 73.2 Å². The van der Waals surface area contributed by atoms with E-state index in [1.165, 1.54) is 31.2 Å². The molecule has 0 spiro atoms. The third-order valence-corrected chi connectivity index (χ3v) is 7.57. The van der Waals surface area contributed by atoms with Gasteiger partial charge in [-0.1, -0.05) is 51.7 Å². The van der Waals surface area contributed by atoms with Gasteiger partial charge < -0.3 is 10.3 Å². The molecule has 36 heavy (non-hydrogen) atoms. The minimum atomic E-state index is 0.454. The number of aromatic amines is 1. The largest absolute Gasteiger partial charge is 0.339 e. The van der Waals surface area contributed by atoms with E-state index in [-0.39, 0.29) is 0 Å². The number of nitrogens with zero attached hydrogens (tertiary/aromatic N) is 4. The molecule has 0 amide bonds. The summed E-state index contributed by atoms with van der Waals surface area (Å²) in [6.45, 7) is 6.58. The smallest absolute Gasteiger partial charge is 0.138 e. The fourth-order valence-corrected chi connectivity index (χ4v) is 5.68. The highest BCUT2D eigenvalue weighted by Crippen LogP contribution is 2.33.